The van der Waals surface area contributed by atoms with Gasteiger partial charge in [0.2, 0.25) is 0 Å². The number of rotatable bonds is 7. The second kappa shape index (κ2) is 9.43. The van der Waals surface area contributed by atoms with E-state index in [9.17, 15) is 17.6 Å². The summed E-state index contributed by atoms with van der Waals surface area (Å²) in [5.41, 5.74) is 1.23. The molecule has 1 N–H and O–H groups in total. The summed E-state index contributed by atoms with van der Waals surface area (Å²) in [6.45, 7) is 2.34. The Balaban J connectivity index is 1.76. The highest BCUT2D eigenvalue weighted by molar-refractivity contribution is 7.94. The minimum atomic E-state index is -1.58. The maximum atomic E-state index is 14.6. The van der Waals surface area contributed by atoms with Crippen LogP contribution in [-0.2, 0) is 4.18 Å². The summed E-state index contributed by atoms with van der Waals surface area (Å²) in [4.78, 5) is 0.855. The molecule has 3 aromatic rings. The Kier molecular flexibility index (Phi) is 6.95. The predicted molar refractivity (Wildman–Crippen MR) is 105 cm³/mol. The van der Waals surface area contributed by atoms with Gasteiger partial charge in [-0.15, -0.1) is 0 Å². The highest BCUT2D eigenvalue weighted by Gasteiger charge is 2.14. The molecule has 0 aliphatic rings. The molecule has 0 fully saturated rings. The van der Waals surface area contributed by atoms with Gasteiger partial charge in [0, 0.05) is 35.0 Å². The van der Waals surface area contributed by atoms with E-state index in [2.05, 4.69) is 0 Å². The third-order valence-electron chi connectivity index (χ3n) is 4.27. The number of halogens is 4. The largest absolute Gasteiger partial charge is 0.396 e. The highest BCUT2D eigenvalue weighted by Crippen LogP contribution is 2.31. The fourth-order valence-corrected chi connectivity index (χ4v) is 3.30. The van der Waals surface area contributed by atoms with E-state index >= 15 is 0 Å². The van der Waals surface area contributed by atoms with Gasteiger partial charge in [0.1, 0.15) is 5.82 Å². The summed E-state index contributed by atoms with van der Waals surface area (Å²) >= 11 is 1.19. The molecule has 0 aliphatic carbocycles. The summed E-state index contributed by atoms with van der Waals surface area (Å²) in [6, 6.07) is 13.0. The van der Waals surface area contributed by atoms with Crippen molar-refractivity contribution in [3.05, 3.63) is 77.9 Å². The number of aliphatic hydroxyl groups is 1. The van der Waals surface area contributed by atoms with Gasteiger partial charge in [-0.3, -0.25) is 0 Å². The number of benzene rings is 3. The Morgan fingerprint density at radius 3 is 2.00 bits per heavy atom. The van der Waals surface area contributed by atoms with Gasteiger partial charge in [0.15, 0.2) is 17.5 Å². The van der Waals surface area contributed by atoms with Crippen LogP contribution in [0.25, 0.3) is 22.3 Å². The lowest BCUT2D eigenvalue weighted by atomic mass is 9.99. The Morgan fingerprint density at radius 2 is 1.41 bits per heavy atom. The molecule has 3 aromatic carbocycles. The van der Waals surface area contributed by atoms with Gasteiger partial charge in [0.05, 0.1) is 6.61 Å². The van der Waals surface area contributed by atoms with E-state index in [0.29, 0.717) is 12.2 Å². The van der Waals surface area contributed by atoms with Crippen molar-refractivity contribution >= 4 is 12.0 Å². The van der Waals surface area contributed by atoms with Crippen molar-refractivity contribution in [2.45, 2.75) is 11.8 Å². The number of aliphatic hydroxyl groups excluding tert-OH is 1. The summed E-state index contributed by atoms with van der Waals surface area (Å²) in [7, 11) is 0. The van der Waals surface area contributed by atoms with Crippen LogP contribution >= 0.6 is 12.0 Å². The first kappa shape index (κ1) is 21.4. The van der Waals surface area contributed by atoms with Crippen molar-refractivity contribution in [2.24, 2.45) is 5.92 Å². The van der Waals surface area contributed by atoms with Gasteiger partial charge in [-0.2, -0.15) is 0 Å². The molecule has 152 valence electrons. The average Bonchev–Trinajstić information content (AvgIpc) is 2.72. The van der Waals surface area contributed by atoms with E-state index in [1.807, 2.05) is 19.1 Å². The molecule has 1 atom stereocenters. The normalized spacial score (nSPS) is 12.2. The zero-order chi connectivity index (χ0) is 21.0. The first-order valence-electron chi connectivity index (χ1n) is 8.84. The maximum absolute atomic E-state index is 14.6. The summed E-state index contributed by atoms with van der Waals surface area (Å²) in [5.74, 6) is -4.95. The number of hydrogen-bond donors (Lipinski definition) is 1. The van der Waals surface area contributed by atoms with E-state index in [4.69, 9.17) is 9.29 Å². The molecule has 0 amide bonds. The minimum absolute atomic E-state index is 0.0230. The van der Waals surface area contributed by atoms with Crippen LogP contribution in [0.15, 0.2) is 59.5 Å². The topological polar surface area (TPSA) is 29.5 Å². The lowest BCUT2D eigenvalue weighted by Crippen LogP contribution is -2.06. The van der Waals surface area contributed by atoms with Crippen LogP contribution in [0.2, 0.25) is 0 Å². The SMILES string of the molecule is C[C@@H](CO)COSc1ccc(-c2ccc(-c3cc(F)c(F)c(F)c3)c(F)c2)cc1. The first-order valence-corrected chi connectivity index (χ1v) is 9.58. The van der Waals surface area contributed by atoms with Crippen LogP contribution in [0.5, 0.6) is 0 Å². The molecule has 7 heteroatoms. The molecular formula is C22H18F4O2S. The molecule has 0 aliphatic heterocycles. The zero-order valence-corrected chi connectivity index (χ0v) is 16.3. The van der Waals surface area contributed by atoms with Crippen molar-refractivity contribution < 1.29 is 26.9 Å². The minimum Gasteiger partial charge on any atom is -0.396 e. The second-order valence-corrected chi connectivity index (χ2v) is 7.50. The monoisotopic (exact) mass is 422 g/mol. The smallest absolute Gasteiger partial charge is 0.194 e. The fourth-order valence-electron chi connectivity index (χ4n) is 2.61. The van der Waals surface area contributed by atoms with Crippen LogP contribution < -0.4 is 0 Å². The third kappa shape index (κ3) is 5.18. The highest BCUT2D eigenvalue weighted by atomic mass is 32.2. The van der Waals surface area contributed by atoms with Crippen LogP contribution in [0.1, 0.15) is 6.92 Å². The Morgan fingerprint density at radius 1 is 0.828 bits per heavy atom. The Hall–Kier alpha value is -2.35. The summed E-state index contributed by atoms with van der Waals surface area (Å²) < 4.78 is 60.0. The van der Waals surface area contributed by atoms with E-state index in [1.165, 1.54) is 24.2 Å². The van der Waals surface area contributed by atoms with E-state index in [1.54, 1.807) is 18.2 Å². The van der Waals surface area contributed by atoms with Gasteiger partial charge >= 0.3 is 0 Å². The molecule has 29 heavy (non-hydrogen) atoms. The van der Waals surface area contributed by atoms with Gasteiger partial charge in [-0.1, -0.05) is 31.2 Å². The molecule has 0 unspecified atom stereocenters. The predicted octanol–water partition coefficient (Wildman–Crippen LogP) is 6.23. The van der Waals surface area contributed by atoms with Crippen LogP contribution in [-0.4, -0.2) is 18.3 Å². The molecule has 2 nitrogen and oxygen atoms in total. The van der Waals surface area contributed by atoms with Crippen LogP contribution in [0.3, 0.4) is 0 Å². The van der Waals surface area contributed by atoms with Gasteiger partial charge in [0.25, 0.3) is 0 Å². The Labute approximate surface area is 170 Å². The molecular weight excluding hydrogens is 404 g/mol. The van der Waals surface area contributed by atoms with Crippen molar-refractivity contribution in [3.8, 4) is 22.3 Å². The van der Waals surface area contributed by atoms with E-state index in [0.717, 1.165) is 22.6 Å². The van der Waals surface area contributed by atoms with Crippen molar-refractivity contribution in [1.82, 2.24) is 0 Å². The average molecular weight is 422 g/mol. The fraction of sp³-hybridized carbons (Fsp3) is 0.182. The molecule has 0 aromatic heterocycles. The van der Waals surface area contributed by atoms with E-state index < -0.39 is 23.3 Å². The molecule has 0 spiro atoms. The third-order valence-corrected chi connectivity index (χ3v) is 4.99. The second-order valence-electron chi connectivity index (χ2n) is 6.63. The number of hydrogen-bond acceptors (Lipinski definition) is 3. The molecule has 0 saturated heterocycles. The Bertz CT molecular complexity index is 970. The molecule has 0 heterocycles. The quantitative estimate of drug-likeness (QED) is 0.278. The van der Waals surface area contributed by atoms with Gasteiger partial charge in [-0.05, 0) is 47.0 Å². The molecule has 3 rings (SSSR count). The van der Waals surface area contributed by atoms with Crippen LogP contribution in [0, 0.1) is 29.2 Å². The van der Waals surface area contributed by atoms with Gasteiger partial charge in [-0.25, -0.2) is 17.6 Å². The lowest BCUT2D eigenvalue weighted by Gasteiger charge is -2.09. The first-order chi connectivity index (χ1) is 13.9. The van der Waals surface area contributed by atoms with E-state index in [-0.39, 0.29) is 23.7 Å². The molecule has 0 radical (unpaired) electrons. The van der Waals surface area contributed by atoms with Gasteiger partial charge < -0.3 is 9.29 Å². The van der Waals surface area contributed by atoms with Crippen molar-refractivity contribution in [3.63, 3.8) is 0 Å². The van der Waals surface area contributed by atoms with Crippen molar-refractivity contribution in [2.75, 3.05) is 13.2 Å². The molecule has 0 bridgehead atoms. The maximum Gasteiger partial charge on any atom is 0.194 e. The molecule has 0 saturated carbocycles. The zero-order valence-electron chi connectivity index (χ0n) is 15.5. The summed E-state index contributed by atoms with van der Waals surface area (Å²) in [5, 5.41) is 8.97. The lowest BCUT2D eigenvalue weighted by molar-refractivity contribution is 0.188. The summed E-state index contributed by atoms with van der Waals surface area (Å²) in [6.07, 6.45) is 0. The standard InChI is InChI=1S/C22H18F4O2S/c1-13(11-27)12-28-29-17-5-2-14(3-6-17)15-4-7-18(19(23)8-15)16-9-20(24)22(26)21(25)10-16/h2-10,13,27H,11-12H2,1H3/t13-/m0/s1. The van der Waals surface area contributed by atoms with Crippen molar-refractivity contribution in [1.29, 1.82) is 0 Å². The van der Waals surface area contributed by atoms with Crippen LogP contribution in [0.4, 0.5) is 17.6 Å².